The first kappa shape index (κ1) is 9.71. The van der Waals surface area contributed by atoms with E-state index >= 15 is 0 Å². The third-order valence-corrected chi connectivity index (χ3v) is 2.80. The van der Waals surface area contributed by atoms with Crippen molar-refractivity contribution in [1.82, 2.24) is 10.1 Å². The average molecular weight is 196 g/mol. The second-order valence-electron chi connectivity index (χ2n) is 3.78. The molecule has 0 aliphatic carbocycles. The van der Waals surface area contributed by atoms with Crippen molar-refractivity contribution >= 4 is 0 Å². The highest BCUT2D eigenvalue weighted by molar-refractivity contribution is 5.20. The van der Waals surface area contributed by atoms with Crippen molar-refractivity contribution in [2.24, 2.45) is 0 Å². The topological polar surface area (TPSA) is 46.9 Å². The van der Waals surface area contributed by atoms with E-state index in [1.165, 1.54) is 10.1 Å². The van der Waals surface area contributed by atoms with Crippen LogP contribution in [0.4, 0.5) is 0 Å². The maximum Gasteiger partial charge on any atom is 0.0771 e. The summed E-state index contributed by atoms with van der Waals surface area (Å²) >= 11 is 0. The van der Waals surface area contributed by atoms with Crippen LogP contribution in [0, 0.1) is 0 Å². The van der Waals surface area contributed by atoms with Gasteiger partial charge in [-0.25, -0.2) is 0 Å². The minimum absolute atomic E-state index is 0.0429. The van der Waals surface area contributed by atoms with E-state index in [0.717, 1.165) is 25.0 Å². The van der Waals surface area contributed by atoms with Crippen LogP contribution in [0.2, 0.25) is 0 Å². The molecule has 0 saturated carbocycles. The van der Waals surface area contributed by atoms with Crippen LogP contribution in [0.3, 0.4) is 0 Å². The third-order valence-electron chi connectivity index (χ3n) is 2.80. The van der Waals surface area contributed by atoms with E-state index in [2.05, 4.69) is 0 Å². The summed E-state index contributed by atoms with van der Waals surface area (Å²) in [5.74, 6) is 0. The second kappa shape index (κ2) is 4.13. The lowest BCUT2D eigenvalue weighted by Crippen LogP contribution is -2.43. The molecular formula is C10H16N2O2. The zero-order valence-electron chi connectivity index (χ0n) is 8.13. The van der Waals surface area contributed by atoms with Gasteiger partial charge in [-0.1, -0.05) is 18.6 Å². The number of hydrogen-bond donors (Lipinski definition) is 2. The first-order valence-corrected chi connectivity index (χ1v) is 5.07. The van der Waals surface area contributed by atoms with Crippen molar-refractivity contribution < 1.29 is 10.4 Å². The van der Waals surface area contributed by atoms with Gasteiger partial charge in [0, 0.05) is 6.54 Å². The van der Waals surface area contributed by atoms with Crippen molar-refractivity contribution in [2.75, 3.05) is 13.1 Å². The fraction of sp³-hybridized carbons (Fsp3) is 0.600. The number of hydroxylamine groups is 4. The molecule has 0 radical (unpaired) electrons. The number of nitrogens with zero attached hydrogens (tertiary/aromatic N) is 2. The molecule has 2 rings (SSSR count). The van der Waals surface area contributed by atoms with Gasteiger partial charge in [0.2, 0.25) is 0 Å². The summed E-state index contributed by atoms with van der Waals surface area (Å²) in [5, 5.41) is 21.8. The van der Waals surface area contributed by atoms with Gasteiger partial charge in [0.1, 0.15) is 0 Å². The van der Waals surface area contributed by atoms with Crippen LogP contribution in [0.5, 0.6) is 0 Å². The highest BCUT2D eigenvalue weighted by Gasteiger charge is 2.27. The molecule has 1 saturated heterocycles. The van der Waals surface area contributed by atoms with Crippen LogP contribution >= 0.6 is 0 Å². The fourth-order valence-electron chi connectivity index (χ4n) is 2.02. The number of piperidine rings is 1. The van der Waals surface area contributed by atoms with Gasteiger partial charge < -0.3 is 5.21 Å². The molecule has 1 unspecified atom stereocenters. The van der Waals surface area contributed by atoms with Gasteiger partial charge >= 0.3 is 0 Å². The molecule has 2 N–H and O–H groups in total. The molecule has 0 bridgehead atoms. The van der Waals surface area contributed by atoms with Crippen molar-refractivity contribution in [3.05, 3.63) is 23.9 Å². The van der Waals surface area contributed by atoms with Crippen molar-refractivity contribution in [3.8, 4) is 0 Å². The molecular weight excluding hydrogens is 180 g/mol. The number of allylic oxidation sites excluding steroid dienone is 2. The fourth-order valence-corrected chi connectivity index (χ4v) is 2.02. The highest BCUT2D eigenvalue weighted by Crippen LogP contribution is 2.24. The Labute approximate surface area is 83.6 Å². The average Bonchev–Trinajstić information content (AvgIpc) is 2.20. The quantitative estimate of drug-likeness (QED) is 0.665. The zero-order chi connectivity index (χ0) is 9.97. The Bertz CT molecular complexity index is 263. The van der Waals surface area contributed by atoms with Gasteiger partial charge in [-0.05, 0) is 18.9 Å². The Hall–Kier alpha value is -0.840. The summed E-state index contributed by atoms with van der Waals surface area (Å²) in [6, 6.07) is -0.0429. The molecule has 14 heavy (non-hydrogen) atoms. The van der Waals surface area contributed by atoms with E-state index in [1.807, 2.05) is 18.2 Å². The maximum atomic E-state index is 9.67. The summed E-state index contributed by atoms with van der Waals surface area (Å²) in [7, 11) is 0. The predicted molar refractivity (Wildman–Crippen MR) is 51.8 cm³/mol. The van der Waals surface area contributed by atoms with E-state index < -0.39 is 0 Å². The maximum absolute atomic E-state index is 9.67. The van der Waals surface area contributed by atoms with Gasteiger partial charge in [0.15, 0.2) is 0 Å². The summed E-state index contributed by atoms with van der Waals surface area (Å²) in [6.45, 7) is 1.20. The lowest BCUT2D eigenvalue weighted by molar-refractivity contribution is -0.154. The molecule has 2 heterocycles. The lowest BCUT2D eigenvalue weighted by Gasteiger charge is -2.35. The summed E-state index contributed by atoms with van der Waals surface area (Å²) in [6.07, 6.45) is 8.71. The van der Waals surface area contributed by atoms with Crippen LogP contribution in [-0.4, -0.2) is 39.7 Å². The Morgan fingerprint density at radius 2 is 2.14 bits per heavy atom. The van der Waals surface area contributed by atoms with E-state index in [9.17, 15) is 10.4 Å². The van der Waals surface area contributed by atoms with Crippen LogP contribution in [0.25, 0.3) is 0 Å². The molecule has 4 nitrogen and oxygen atoms in total. The van der Waals surface area contributed by atoms with Gasteiger partial charge in [-0.3, -0.25) is 10.3 Å². The van der Waals surface area contributed by atoms with Crippen molar-refractivity contribution in [3.63, 3.8) is 0 Å². The first-order valence-electron chi connectivity index (χ1n) is 5.07. The minimum atomic E-state index is -0.0429. The van der Waals surface area contributed by atoms with Crippen LogP contribution in [0.15, 0.2) is 23.9 Å². The monoisotopic (exact) mass is 196 g/mol. The van der Waals surface area contributed by atoms with Gasteiger partial charge in [-0.15, -0.1) is 0 Å². The molecule has 4 heteroatoms. The molecule has 0 aromatic heterocycles. The van der Waals surface area contributed by atoms with Gasteiger partial charge in [0.25, 0.3) is 0 Å². The molecule has 2 aliphatic rings. The van der Waals surface area contributed by atoms with E-state index in [-0.39, 0.29) is 6.04 Å². The van der Waals surface area contributed by atoms with E-state index in [4.69, 9.17) is 0 Å². The van der Waals surface area contributed by atoms with Crippen molar-refractivity contribution in [2.45, 2.75) is 25.3 Å². The Kier molecular flexibility index (Phi) is 2.86. The Balaban J connectivity index is 2.11. The second-order valence-corrected chi connectivity index (χ2v) is 3.78. The molecule has 2 aliphatic heterocycles. The molecule has 0 amide bonds. The SMILES string of the molecule is ON1CC=CC=C1C1CCCCN1O. The molecule has 1 fully saturated rings. The molecule has 0 aromatic carbocycles. The third kappa shape index (κ3) is 1.82. The van der Waals surface area contributed by atoms with Gasteiger partial charge in [0.05, 0.1) is 18.3 Å². The predicted octanol–water partition coefficient (Wildman–Crippen LogP) is 1.38. The largest absolute Gasteiger partial charge is 0.313 e. The van der Waals surface area contributed by atoms with Gasteiger partial charge in [-0.2, -0.15) is 5.06 Å². The smallest absolute Gasteiger partial charge is 0.0771 e. The van der Waals surface area contributed by atoms with Crippen LogP contribution < -0.4 is 0 Å². The number of hydrogen-bond acceptors (Lipinski definition) is 4. The lowest BCUT2D eigenvalue weighted by atomic mass is 10.00. The Morgan fingerprint density at radius 3 is 2.86 bits per heavy atom. The molecule has 1 atom stereocenters. The number of rotatable bonds is 1. The normalized spacial score (nSPS) is 29.1. The summed E-state index contributed by atoms with van der Waals surface area (Å²) in [4.78, 5) is 0. The standard InChI is InChI=1S/C10H16N2O2/c13-11-7-3-1-5-9(11)10-6-2-4-8-12(10)14/h1,3,5,10,13-14H,2,4,6-8H2. The van der Waals surface area contributed by atoms with Crippen molar-refractivity contribution in [1.29, 1.82) is 0 Å². The summed E-state index contributed by atoms with van der Waals surface area (Å²) < 4.78 is 0. The molecule has 0 aromatic rings. The first-order chi connectivity index (χ1) is 6.79. The summed E-state index contributed by atoms with van der Waals surface area (Å²) in [5.41, 5.74) is 0.801. The van der Waals surface area contributed by atoms with Crippen LogP contribution in [-0.2, 0) is 0 Å². The van der Waals surface area contributed by atoms with E-state index in [1.54, 1.807) is 0 Å². The van der Waals surface area contributed by atoms with E-state index in [0.29, 0.717) is 13.1 Å². The highest BCUT2D eigenvalue weighted by atomic mass is 16.5. The Morgan fingerprint density at radius 1 is 1.29 bits per heavy atom. The molecule has 0 spiro atoms. The van der Waals surface area contributed by atoms with Crippen LogP contribution in [0.1, 0.15) is 19.3 Å². The zero-order valence-corrected chi connectivity index (χ0v) is 8.13. The minimum Gasteiger partial charge on any atom is -0.313 e. The molecule has 78 valence electrons.